The summed E-state index contributed by atoms with van der Waals surface area (Å²) >= 11 is 0. The second kappa shape index (κ2) is 9.16. The lowest BCUT2D eigenvalue weighted by Crippen LogP contribution is -2.36. The van der Waals surface area contributed by atoms with E-state index in [4.69, 9.17) is 9.47 Å². The van der Waals surface area contributed by atoms with Gasteiger partial charge in [0.2, 0.25) is 0 Å². The molecule has 3 aliphatic heterocycles. The van der Waals surface area contributed by atoms with E-state index in [0.717, 1.165) is 67.8 Å². The Labute approximate surface area is 201 Å². The van der Waals surface area contributed by atoms with E-state index in [1.807, 2.05) is 12.1 Å². The standard InChI is InChI=1S/C28H34N2O4/c1-18-20(4-6-22-24(18)14-33-26(22)31)8-11-29-16-28(3)10-13-30(17-28)12-9-21-5-7-23-25(19(21)2)15-34-27(23)32/h4-7,29H,8-17H2,1-3H3. The third kappa shape index (κ3) is 4.37. The SMILES string of the molecule is Cc1c(CCNCC2(C)CCN(CCc3ccc4c(c3C)COC4=O)C2)ccc2c1COC2=O. The van der Waals surface area contributed by atoms with E-state index in [1.54, 1.807) is 0 Å². The highest BCUT2D eigenvalue weighted by atomic mass is 16.5. The first-order valence-corrected chi connectivity index (χ1v) is 12.3. The largest absolute Gasteiger partial charge is 0.457 e. The van der Waals surface area contributed by atoms with Crippen molar-refractivity contribution in [1.82, 2.24) is 10.2 Å². The first-order valence-electron chi connectivity index (χ1n) is 12.3. The molecule has 0 bridgehead atoms. The topological polar surface area (TPSA) is 67.9 Å². The van der Waals surface area contributed by atoms with Crippen molar-refractivity contribution in [1.29, 1.82) is 0 Å². The Balaban J connectivity index is 1.09. The maximum absolute atomic E-state index is 11.8. The van der Waals surface area contributed by atoms with Crippen LogP contribution in [0.15, 0.2) is 24.3 Å². The highest BCUT2D eigenvalue weighted by Gasteiger charge is 2.33. The minimum absolute atomic E-state index is 0.192. The Morgan fingerprint density at radius 1 is 0.912 bits per heavy atom. The summed E-state index contributed by atoms with van der Waals surface area (Å²) in [6.45, 7) is 12.6. The zero-order chi connectivity index (χ0) is 23.9. The fraction of sp³-hybridized carbons (Fsp3) is 0.500. The van der Waals surface area contributed by atoms with E-state index in [9.17, 15) is 9.59 Å². The molecule has 180 valence electrons. The quantitative estimate of drug-likeness (QED) is 0.476. The fourth-order valence-corrected chi connectivity index (χ4v) is 5.69. The van der Waals surface area contributed by atoms with Crippen molar-refractivity contribution in [2.45, 2.75) is 53.2 Å². The number of carbonyl (C=O) groups is 2. The summed E-state index contributed by atoms with van der Waals surface area (Å²) in [6, 6.07) is 8.01. The molecule has 0 spiro atoms. The molecule has 6 heteroatoms. The molecule has 0 aromatic heterocycles. The molecule has 5 rings (SSSR count). The summed E-state index contributed by atoms with van der Waals surface area (Å²) in [6.07, 6.45) is 3.15. The average Bonchev–Trinajstić information content (AvgIpc) is 3.50. The van der Waals surface area contributed by atoms with E-state index >= 15 is 0 Å². The number of rotatable bonds is 8. The normalized spacial score (nSPS) is 21.5. The molecule has 2 aromatic rings. The molecule has 0 aliphatic carbocycles. The van der Waals surface area contributed by atoms with Gasteiger partial charge in [0.05, 0.1) is 11.1 Å². The van der Waals surface area contributed by atoms with Gasteiger partial charge in [-0.05, 0) is 86.0 Å². The number of carbonyl (C=O) groups excluding carboxylic acids is 2. The summed E-state index contributed by atoms with van der Waals surface area (Å²) < 4.78 is 10.4. The van der Waals surface area contributed by atoms with Crippen molar-refractivity contribution >= 4 is 11.9 Å². The molecule has 34 heavy (non-hydrogen) atoms. The summed E-state index contributed by atoms with van der Waals surface area (Å²) in [5.74, 6) is -0.389. The van der Waals surface area contributed by atoms with Gasteiger partial charge in [0.15, 0.2) is 0 Å². The molecule has 1 N–H and O–H groups in total. The van der Waals surface area contributed by atoms with Gasteiger partial charge in [-0.15, -0.1) is 0 Å². The van der Waals surface area contributed by atoms with Gasteiger partial charge < -0.3 is 19.7 Å². The van der Waals surface area contributed by atoms with Crippen LogP contribution in [0.5, 0.6) is 0 Å². The molecule has 1 atom stereocenters. The van der Waals surface area contributed by atoms with Crippen LogP contribution in [0, 0.1) is 19.3 Å². The number of esters is 2. The third-order valence-corrected chi connectivity index (χ3v) is 8.01. The molecule has 1 saturated heterocycles. The molecular weight excluding hydrogens is 428 g/mol. The van der Waals surface area contributed by atoms with Crippen LogP contribution in [-0.2, 0) is 35.5 Å². The van der Waals surface area contributed by atoms with E-state index < -0.39 is 0 Å². The van der Waals surface area contributed by atoms with Crippen LogP contribution in [0.2, 0.25) is 0 Å². The third-order valence-electron chi connectivity index (χ3n) is 8.01. The minimum atomic E-state index is -0.197. The molecule has 6 nitrogen and oxygen atoms in total. The summed E-state index contributed by atoms with van der Waals surface area (Å²) in [4.78, 5) is 26.1. The lowest BCUT2D eigenvalue weighted by Gasteiger charge is -2.25. The Bertz CT molecular complexity index is 1140. The highest BCUT2D eigenvalue weighted by molar-refractivity contribution is 5.94. The van der Waals surface area contributed by atoms with E-state index in [-0.39, 0.29) is 17.4 Å². The predicted molar refractivity (Wildman–Crippen MR) is 130 cm³/mol. The smallest absolute Gasteiger partial charge is 0.338 e. The maximum atomic E-state index is 11.8. The first kappa shape index (κ1) is 23.1. The van der Waals surface area contributed by atoms with Crippen LogP contribution in [0.4, 0.5) is 0 Å². The van der Waals surface area contributed by atoms with Crippen molar-refractivity contribution in [3.63, 3.8) is 0 Å². The first-order chi connectivity index (χ1) is 16.3. The van der Waals surface area contributed by atoms with Gasteiger partial charge in [0, 0.05) is 30.8 Å². The fourth-order valence-electron chi connectivity index (χ4n) is 5.69. The molecule has 2 aromatic carbocycles. The predicted octanol–water partition coefficient (Wildman–Crippen LogP) is 3.73. The van der Waals surface area contributed by atoms with Crippen LogP contribution in [0.1, 0.15) is 67.4 Å². The molecule has 0 amide bonds. The molecule has 3 heterocycles. The van der Waals surface area contributed by atoms with Crippen LogP contribution in [0.3, 0.4) is 0 Å². The molecular formula is C28H34N2O4. The lowest BCUT2D eigenvalue weighted by atomic mass is 9.89. The van der Waals surface area contributed by atoms with Gasteiger partial charge in [0.1, 0.15) is 13.2 Å². The summed E-state index contributed by atoms with van der Waals surface area (Å²) in [7, 11) is 0. The lowest BCUT2D eigenvalue weighted by molar-refractivity contribution is 0.0526. The number of ether oxygens (including phenoxy) is 2. The average molecular weight is 463 g/mol. The number of hydrogen-bond acceptors (Lipinski definition) is 6. The second-order valence-electron chi connectivity index (χ2n) is 10.4. The van der Waals surface area contributed by atoms with Gasteiger partial charge >= 0.3 is 11.9 Å². The molecule has 1 fully saturated rings. The summed E-state index contributed by atoms with van der Waals surface area (Å²) in [5.41, 5.74) is 8.88. The van der Waals surface area contributed by atoms with Crippen molar-refractivity contribution in [2.24, 2.45) is 5.41 Å². The molecule has 0 saturated carbocycles. The van der Waals surface area contributed by atoms with Crippen molar-refractivity contribution in [2.75, 3.05) is 32.7 Å². The molecule has 0 radical (unpaired) electrons. The second-order valence-corrected chi connectivity index (χ2v) is 10.4. The Morgan fingerprint density at radius 2 is 1.50 bits per heavy atom. The van der Waals surface area contributed by atoms with Gasteiger partial charge in [0.25, 0.3) is 0 Å². The number of nitrogens with one attached hydrogen (secondary N) is 1. The van der Waals surface area contributed by atoms with Gasteiger partial charge in [-0.25, -0.2) is 9.59 Å². The van der Waals surface area contributed by atoms with E-state index in [1.165, 1.54) is 28.7 Å². The van der Waals surface area contributed by atoms with Crippen LogP contribution >= 0.6 is 0 Å². The number of hydrogen-bond donors (Lipinski definition) is 1. The number of fused-ring (bicyclic) bond motifs is 2. The number of nitrogens with zero attached hydrogens (tertiary/aromatic N) is 1. The number of likely N-dealkylation sites (tertiary alicyclic amines) is 1. The van der Waals surface area contributed by atoms with Gasteiger partial charge in [-0.1, -0.05) is 19.1 Å². The number of cyclic esters (lactones) is 2. The Hall–Kier alpha value is -2.70. The highest BCUT2D eigenvalue weighted by Crippen LogP contribution is 2.31. The zero-order valence-electron chi connectivity index (χ0n) is 20.5. The molecule has 1 unspecified atom stereocenters. The van der Waals surface area contributed by atoms with Gasteiger partial charge in [-0.3, -0.25) is 0 Å². The van der Waals surface area contributed by atoms with Crippen molar-refractivity contribution in [3.8, 4) is 0 Å². The van der Waals surface area contributed by atoms with Crippen molar-refractivity contribution in [3.05, 3.63) is 68.8 Å². The summed E-state index contributed by atoms with van der Waals surface area (Å²) in [5, 5.41) is 3.69. The van der Waals surface area contributed by atoms with Gasteiger partial charge in [-0.2, -0.15) is 0 Å². The van der Waals surface area contributed by atoms with Crippen LogP contribution in [0.25, 0.3) is 0 Å². The monoisotopic (exact) mass is 462 g/mol. The van der Waals surface area contributed by atoms with E-state index in [0.29, 0.717) is 13.2 Å². The van der Waals surface area contributed by atoms with Crippen LogP contribution in [-0.4, -0.2) is 49.6 Å². The molecule has 3 aliphatic rings. The minimum Gasteiger partial charge on any atom is -0.457 e. The zero-order valence-corrected chi connectivity index (χ0v) is 20.5. The van der Waals surface area contributed by atoms with Crippen LogP contribution < -0.4 is 5.32 Å². The Kier molecular flexibility index (Phi) is 6.21. The van der Waals surface area contributed by atoms with Crippen molar-refractivity contribution < 1.29 is 19.1 Å². The maximum Gasteiger partial charge on any atom is 0.338 e. The number of benzene rings is 2. The van der Waals surface area contributed by atoms with E-state index in [2.05, 4.69) is 43.1 Å². The Morgan fingerprint density at radius 3 is 2.12 bits per heavy atom.